The van der Waals surface area contributed by atoms with Gasteiger partial charge in [0.15, 0.2) is 0 Å². The van der Waals surface area contributed by atoms with Gasteiger partial charge in [-0.2, -0.15) is 13.2 Å². The number of anilines is 1. The first-order valence-electron chi connectivity index (χ1n) is 5.34. The van der Waals surface area contributed by atoms with E-state index >= 15 is 0 Å². The van der Waals surface area contributed by atoms with Gasteiger partial charge in [-0.15, -0.1) is 0 Å². The number of sulfone groups is 1. The summed E-state index contributed by atoms with van der Waals surface area (Å²) >= 11 is 0. The molecule has 7 heteroatoms. The number of hydrogen-bond acceptors (Lipinski definition) is 3. The second kappa shape index (κ2) is 3.88. The van der Waals surface area contributed by atoms with E-state index in [2.05, 4.69) is 5.32 Å². The summed E-state index contributed by atoms with van der Waals surface area (Å²) in [7, 11) is -5.31. The van der Waals surface area contributed by atoms with Crippen molar-refractivity contribution in [2.75, 3.05) is 5.32 Å². The Bertz CT molecular complexity index is 562. The third kappa shape index (κ3) is 2.31. The maximum absolute atomic E-state index is 12.5. The Kier molecular flexibility index (Phi) is 2.84. The van der Waals surface area contributed by atoms with Crippen molar-refractivity contribution in [3.63, 3.8) is 0 Å². The Hall–Kier alpha value is -1.24. The van der Waals surface area contributed by atoms with Gasteiger partial charge in [-0.1, -0.05) is 12.1 Å². The van der Waals surface area contributed by atoms with Gasteiger partial charge in [0.25, 0.3) is 9.84 Å². The van der Waals surface area contributed by atoms with Gasteiger partial charge < -0.3 is 5.32 Å². The molecule has 3 nitrogen and oxygen atoms in total. The lowest BCUT2D eigenvalue weighted by Gasteiger charge is -2.17. The SMILES string of the molecule is CC1(Nc2ccccc2S(=O)(=O)C(F)(F)F)CC1. The lowest BCUT2D eigenvalue weighted by molar-refractivity contribution is -0.0435. The number of hydrogen-bond donors (Lipinski definition) is 1. The van der Waals surface area contributed by atoms with E-state index in [1.54, 1.807) is 0 Å². The molecule has 0 saturated heterocycles. The van der Waals surface area contributed by atoms with Crippen molar-refractivity contribution in [1.29, 1.82) is 0 Å². The van der Waals surface area contributed by atoms with Crippen molar-refractivity contribution in [1.82, 2.24) is 0 Å². The number of rotatable bonds is 3. The van der Waals surface area contributed by atoms with Gasteiger partial charge in [0, 0.05) is 5.54 Å². The van der Waals surface area contributed by atoms with Crippen molar-refractivity contribution in [3.8, 4) is 0 Å². The molecule has 0 amide bonds. The van der Waals surface area contributed by atoms with Gasteiger partial charge >= 0.3 is 5.51 Å². The molecule has 0 unspecified atom stereocenters. The van der Waals surface area contributed by atoms with E-state index in [4.69, 9.17) is 0 Å². The normalized spacial score (nSPS) is 18.4. The van der Waals surface area contributed by atoms with E-state index in [0.717, 1.165) is 18.9 Å². The first kappa shape index (κ1) is 13.2. The minimum atomic E-state index is -5.31. The monoisotopic (exact) mass is 279 g/mol. The van der Waals surface area contributed by atoms with Crippen LogP contribution in [0, 0.1) is 0 Å². The molecule has 0 bridgehead atoms. The minimum Gasteiger partial charge on any atom is -0.379 e. The molecule has 0 aliphatic heterocycles. The van der Waals surface area contributed by atoms with Crippen LogP contribution in [-0.4, -0.2) is 19.5 Å². The summed E-state index contributed by atoms with van der Waals surface area (Å²) in [5.74, 6) is 0. The predicted molar refractivity (Wildman–Crippen MR) is 60.9 cm³/mol. The molecule has 18 heavy (non-hydrogen) atoms. The van der Waals surface area contributed by atoms with Crippen LogP contribution in [-0.2, 0) is 9.84 Å². The molecule has 1 saturated carbocycles. The first-order chi connectivity index (χ1) is 8.16. The highest BCUT2D eigenvalue weighted by molar-refractivity contribution is 7.92. The number of nitrogens with one attached hydrogen (secondary N) is 1. The molecule has 1 aromatic rings. The van der Waals surface area contributed by atoms with Crippen LogP contribution in [0.5, 0.6) is 0 Å². The van der Waals surface area contributed by atoms with Crippen LogP contribution in [0.15, 0.2) is 29.2 Å². The number of halogens is 3. The molecule has 0 aromatic heterocycles. The summed E-state index contributed by atoms with van der Waals surface area (Å²) in [5.41, 5.74) is -5.57. The van der Waals surface area contributed by atoms with Crippen molar-refractivity contribution < 1.29 is 21.6 Å². The van der Waals surface area contributed by atoms with Crippen LogP contribution in [0.2, 0.25) is 0 Å². The molecular weight excluding hydrogens is 267 g/mol. The number of para-hydroxylation sites is 1. The van der Waals surface area contributed by atoms with Crippen molar-refractivity contribution >= 4 is 15.5 Å². The summed E-state index contributed by atoms with van der Waals surface area (Å²) < 4.78 is 60.4. The van der Waals surface area contributed by atoms with Gasteiger partial charge in [-0.05, 0) is 31.9 Å². The maximum Gasteiger partial charge on any atom is 0.501 e. The smallest absolute Gasteiger partial charge is 0.379 e. The van der Waals surface area contributed by atoms with Crippen LogP contribution >= 0.6 is 0 Å². The van der Waals surface area contributed by atoms with E-state index in [1.165, 1.54) is 18.2 Å². The Balaban J connectivity index is 2.45. The zero-order chi connectivity index (χ0) is 13.6. The van der Waals surface area contributed by atoms with Gasteiger partial charge in [-0.25, -0.2) is 8.42 Å². The van der Waals surface area contributed by atoms with E-state index < -0.39 is 20.2 Å². The molecule has 0 radical (unpaired) electrons. The molecule has 0 heterocycles. The van der Waals surface area contributed by atoms with Crippen molar-refractivity contribution in [2.45, 2.75) is 35.7 Å². The lowest BCUT2D eigenvalue weighted by Crippen LogP contribution is -2.26. The fourth-order valence-electron chi connectivity index (χ4n) is 1.57. The van der Waals surface area contributed by atoms with E-state index in [-0.39, 0.29) is 11.2 Å². The average molecular weight is 279 g/mol. The zero-order valence-corrected chi connectivity index (χ0v) is 10.4. The molecule has 1 fully saturated rings. The Labute approximate surface area is 103 Å². The van der Waals surface area contributed by atoms with Crippen molar-refractivity contribution in [3.05, 3.63) is 24.3 Å². The van der Waals surface area contributed by atoms with Crippen LogP contribution in [0.25, 0.3) is 0 Å². The highest BCUT2D eigenvalue weighted by atomic mass is 32.2. The van der Waals surface area contributed by atoms with Crippen molar-refractivity contribution in [2.24, 2.45) is 0 Å². The second-order valence-electron chi connectivity index (χ2n) is 4.63. The third-order valence-electron chi connectivity index (χ3n) is 2.92. The summed E-state index contributed by atoms with van der Waals surface area (Å²) in [6.45, 7) is 1.84. The topological polar surface area (TPSA) is 46.2 Å². The Morgan fingerprint density at radius 3 is 2.28 bits per heavy atom. The predicted octanol–water partition coefficient (Wildman–Crippen LogP) is 2.94. The molecule has 0 spiro atoms. The number of alkyl halides is 3. The molecule has 2 rings (SSSR count). The van der Waals surface area contributed by atoms with Crippen LogP contribution in [0.1, 0.15) is 19.8 Å². The molecule has 1 aliphatic rings. The van der Waals surface area contributed by atoms with E-state index in [9.17, 15) is 21.6 Å². The standard InChI is InChI=1S/C11H12F3NO2S/c1-10(6-7-10)15-8-4-2-3-5-9(8)18(16,17)11(12,13)14/h2-5,15H,6-7H2,1H3. The second-order valence-corrected chi connectivity index (χ2v) is 6.54. The summed E-state index contributed by atoms with van der Waals surface area (Å²) in [6, 6.07) is 5.10. The third-order valence-corrected chi connectivity index (χ3v) is 4.46. The highest BCUT2D eigenvalue weighted by Crippen LogP contribution is 2.41. The van der Waals surface area contributed by atoms with Crippen LogP contribution < -0.4 is 5.32 Å². The summed E-state index contributed by atoms with van der Waals surface area (Å²) in [5, 5.41) is 2.86. The first-order valence-corrected chi connectivity index (χ1v) is 6.83. The fraction of sp³-hybridized carbons (Fsp3) is 0.455. The molecule has 0 atom stereocenters. The highest BCUT2D eigenvalue weighted by Gasteiger charge is 2.48. The minimum absolute atomic E-state index is 0.00910. The van der Waals surface area contributed by atoms with Crippen LogP contribution in [0.4, 0.5) is 18.9 Å². The zero-order valence-electron chi connectivity index (χ0n) is 9.58. The summed E-state index contributed by atoms with van der Waals surface area (Å²) in [4.78, 5) is -0.717. The number of benzene rings is 1. The van der Waals surface area contributed by atoms with E-state index in [1.807, 2.05) is 6.92 Å². The van der Waals surface area contributed by atoms with Gasteiger partial charge in [0.05, 0.1) is 10.6 Å². The van der Waals surface area contributed by atoms with Crippen LogP contribution in [0.3, 0.4) is 0 Å². The molecule has 1 N–H and O–H groups in total. The average Bonchev–Trinajstić information content (AvgIpc) is 2.95. The maximum atomic E-state index is 12.5. The molecule has 1 aromatic carbocycles. The lowest BCUT2D eigenvalue weighted by atomic mass is 10.2. The Morgan fingerprint density at radius 2 is 1.78 bits per heavy atom. The summed E-state index contributed by atoms with van der Waals surface area (Å²) in [6.07, 6.45) is 1.63. The fourth-order valence-corrected chi connectivity index (χ4v) is 2.48. The molecular formula is C11H12F3NO2S. The van der Waals surface area contributed by atoms with Gasteiger partial charge in [0.2, 0.25) is 0 Å². The Morgan fingerprint density at radius 1 is 1.22 bits per heavy atom. The van der Waals surface area contributed by atoms with Gasteiger partial charge in [-0.3, -0.25) is 0 Å². The van der Waals surface area contributed by atoms with Gasteiger partial charge in [0.1, 0.15) is 0 Å². The quantitative estimate of drug-likeness (QED) is 0.925. The molecule has 100 valence electrons. The largest absolute Gasteiger partial charge is 0.501 e. The molecule has 1 aliphatic carbocycles. The van der Waals surface area contributed by atoms with E-state index in [0.29, 0.717) is 0 Å².